The molecule has 1 saturated heterocycles. The van der Waals surface area contributed by atoms with Crippen LogP contribution in [0.5, 0.6) is 0 Å². The highest BCUT2D eigenvalue weighted by Gasteiger charge is 2.25. The summed E-state index contributed by atoms with van der Waals surface area (Å²) in [4.78, 5) is 19.4. The topological polar surface area (TPSA) is 95.9 Å². The first-order chi connectivity index (χ1) is 12.6. The SMILES string of the molecule is Cc1cn2c(N)c(Cl)cc(C(=O)NCC3CCN(CC(C)(C)O)CC3)c2n1. The maximum atomic E-state index is 12.7. The second-order valence-electron chi connectivity index (χ2n) is 8.11. The van der Waals surface area contributed by atoms with Crippen LogP contribution in [0.25, 0.3) is 5.65 Å². The number of nitrogens with one attached hydrogen (secondary N) is 1. The molecule has 0 bridgehead atoms. The second kappa shape index (κ2) is 7.66. The Morgan fingerprint density at radius 2 is 2.11 bits per heavy atom. The molecule has 3 rings (SSSR count). The second-order valence-corrected chi connectivity index (χ2v) is 8.52. The van der Waals surface area contributed by atoms with Crippen LogP contribution in [0.2, 0.25) is 5.02 Å². The molecule has 148 valence electrons. The van der Waals surface area contributed by atoms with Gasteiger partial charge in [-0.2, -0.15) is 0 Å². The number of nitrogens with two attached hydrogens (primary N) is 1. The number of rotatable bonds is 5. The Balaban J connectivity index is 1.61. The number of imidazole rings is 1. The van der Waals surface area contributed by atoms with E-state index in [0.29, 0.717) is 41.1 Å². The van der Waals surface area contributed by atoms with Crippen LogP contribution in [-0.2, 0) is 0 Å². The number of amides is 1. The number of nitrogen functional groups attached to an aromatic ring is 1. The molecule has 1 aliphatic rings. The van der Waals surface area contributed by atoms with Gasteiger partial charge in [0.25, 0.3) is 5.91 Å². The van der Waals surface area contributed by atoms with Crippen molar-refractivity contribution in [2.45, 2.75) is 39.2 Å². The van der Waals surface area contributed by atoms with E-state index in [1.165, 1.54) is 0 Å². The molecule has 0 spiro atoms. The van der Waals surface area contributed by atoms with Gasteiger partial charge in [0.2, 0.25) is 0 Å². The van der Waals surface area contributed by atoms with Gasteiger partial charge in [-0.3, -0.25) is 9.20 Å². The van der Waals surface area contributed by atoms with Crippen LogP contribution < -0.4 is 11.1 Å². The van der Waals surface area contributed by atoms with Gasteiger partial charge in [0, 0.05) is 19.3 Å². The molecule has 0 saturated carbocycles. The Hall–Kier alpha value is -1.83. The van der Waals surface area contributed by atoms with Gasteiger partial charge in [0.15, 0.2) is 5.65 Å². The van der Waals surface area contributed by atoms with Gasteiger partial charge in [-0.25, -0.2) is 4.98 Å². The number of aryl methyl sites for hydroxylation is 1. The van der Waals surface area contributed by atoms with E-state index in [1.54, 1.807) is 16.7 Å². The van der Waals surface area contributed by atoms with Crippen molar-refractivity contribution in [1.29, 1.82) is 0 Å². The van der Waals surface area contributed by atoms with Crippen LogP contribution in [0.15, 0.2) is 12.3 Å². The first-order valence-corrected chi connectivity index (χ1v) is 9.68. The average molecular weight is 394 g/mol. The van der Waals surface area contributed by atoms with Crippen molar-refractivity contribution >= 4 is 29.0 Å². The van der Waals surface area contributed by atoms with Gasteiger partial charge in [-0.05, 0) is 58.7 Å². The lowest BCUT2D eigenvalue weighted by molar-refractivity contribution is 0.0245. The van der Waals surface area contributed by atoms with Gasteiger partial charge in [-0.1, -0.05) is 11.6 Å². The van der Waals surface area contributed by atoms with E-state index in [4.69, 9.17) is 17.3 Å². The molecule has 0 aromatic carbocycles. The summed E-state index contributed by atoms with van der Waals surface area (Å²) in [5.74, 6) is 0.614. The third-order valence-corrected chi connectivity index (χ3v) is 5.26. The largest absolute Gasteiger partial charge is 0.389 e. The molecule has 8 heteroatoms. The molecule has 1 fully saturated rings. The van der Waals surface area contributed by atoms with Gasteiger partial charge in [0.05, 0.1) is 21.9 Å². The van der Waals surface area contributed by atoms with Crippen LogP contribution in [0.4, 0.5) is 5.82 Å². The molecule has 4 N–H and O–H groups in total. The molecule has 2 aromatic rings. The first kappa shape index (κ1) is 19.9. The smallest absolute Gasteiger partial charge is 0.255 e. The predicted octanol–water partition coefficient (Wildman–Crippen LogP) is 2.09. The number of aromatic nitrogens is 2. The van der Waals surface area contributed by atoms with Crippen molar-refractivity contribution in [3.8, 4) is 0 Å². The minimum atomic E-state index is -0.677. The van der Waals surface area contributed by atoms with E-state index in [1.807, 2.05) is 20.8 Å². The summed E-state index contributed by atoms with van der Waals surface area (Å²) in [7, 11) is 0. The number of fused-ring (bicyclic) bond motifs is 1. The standard InChI is InChI=1S/C19H28ClN5O2/c1-12-10-25-16(21)15(20)8-14(17(25)23-12)18(26)22-9-13-4-6-24(7-5-13)11-19(2,3)27/h8,10,13,27H,4-7,9,11,21H2,1-3H3,(H,22,26). The summed E-state index contributed by atoms with van der Waals surface area (Å²) in [5, 5.41) is 13.3. The quantitative estimate of drug-likeness (QED) is 0.722. The number of carbonyl (C=O) groups is 1. The van der Waals surface area contributed by atoms with Gasteiger partial charge in [-0.15, -0.1) is 0 Å². The fraction of sp³-hybridized carbons (Fsp3) is 0.579. The average Bonchev–Trinajstić information content (AvgIpc) is 2.98. The maximum Gasteiger partial charge on any atom is 0.255 e. The maximum absolute atomic E-state index is 12.7. The van der Waals surface area contributed by atoms with Gasteiger partial charge in [0.1, 0.15) is 5.82 Å². The van der Waals surface area contributed by atoms with E-state index >= 15 is 0 Å². The summed E-state index contributed by atoms with van der Waals surface area (Å²) in [5.41, 5.74) is 7.04. The summed E-state index contributed by atoms with van der Waals surface area (Å²) in [6, 6.07) is 1.58. The highest BCUT2D eigenvalue weighted by Crippen LogP contribution is 2.25. The van der Waals surface area contributed by atoms with E-state index in [-0.39, 0.29) is 5.91 Å². The lowest BCUT2D eigenvalue weighted by Crippen LogP contribution is -2.44. The number of hydrogen-bond acceptors (Lipinski definition) is 5. The Kier molecular flexibility index (Phi) is 5.65. The first-order valence-electron chi connectivity index (χ1n) is 9.30. The number of hydrogen-bond donors (Lipinski definition) is 3. The van der Waals surface area contributed by atoms with E-state index < -0.39 is 5.60 Å². The van der Waals surface area contributed by atoms with Crippen LogP contribution in [0.1, 0.15) is 42.7 Å². The van der Waals surface area contributed by atoms with E-state index in [0.717, 1.165) is 31.6 Å². The Morgan fingerprint density at radius 1 is 1.44 bits per heavy atom. The summed E-state index contributed by atoms with van der Waals surface area (Å²) < 4.78 is 1.65. The molecule has 3 heterocycles. The van der Waals surface area contributed by atoms with Gasteiger partial charge >= 0.3 is 0 Å². The minimum Gasteiger partial charge on any atom is -0.389 e. The summed E-state index contributed by atoms with van der Waals surface area (Å²) in [6.07, 6.45) is 3.76. The Labute approximate surface area is 164 Å². The van der Waals surface area contributed by atoms with E-state index in [9.17, 15) is 9.90 Å². The minimum absolute atomic E-state index is 0.188. The predicted molar refractivity (Wildman–Crippen MR) is 107 cm³/mol. The van der Waals surface area contributed by atoms with Crippen molar-refractivity contribution in [3.05, 3.63) is 28.5 Å². The lowest BCUT2D eigenvalue weighted by atomic mass is 9.95. The highest BCUT2D eigenvalue weighted by molar-refractivity contribution is 6.33. The fourth-order valence-corrected chi connectivity index (χ4v) is 3.85. The molecular formula is C19H28ClN5O2. The van der Waals surface area contributed by atoms with Crippen LogP contribution in [0, 0.1) is 12.8 Å². The van der Waals surface area contributed by atoms with Crippen molar-refractivity contribution in [3.63, 3.8) is 0 Å². The number of carbonyl (C=O) groups excluding carboxylic acids is 1. The zero-order valence-electron chi connectivity index (χ0n) is 16.1. The van der Waals surface area contributed by atoms with Gasteiger partial charge < -0.3 is 21.1 Å². The third-order valence-electron chi connectivity index (χ3n) is 4.96. The fourth-order valence-electron chi connectivity index (χ4n) is 3.65. The number of nitrogens with zero attached hydrogens (tertiary/aromatic N) is 3. The Bertz CT molecular complexity index is 835. The van der Waals surface area contributed by atoms with Crippen LogP contribution in [-0.4, -0.2) is 57.1 Å². The number of β-amino-alcohol motifs (C(OH)–C–C–N with tert-alkyl or cyclic N) is 1. The number of anilines is 1. The molecular weight excluding hydrogens is 366 g/mol. The van der Waals surface area contributed by atoms with Crippen molar-refractivity contribution in [2.75, 3.05) is 31.9 Å². The normalized spacial score (nSPS) is 16.8. The highest BCUT2D eigenvalue weighted by atomic mass is 35.5. The lowest BCUT2D eigenvalue weighted by Gasteiger charge is -2.35. The summed E-state index contributed by atoms with van der Waals surface area (Å²) >= 11 is 6.18. The van der Waals surface area contributed by atoms with Crippen molar-refractivity contribution < 1.29 is 9.90 Å². The van der Waals surface area contributed by atoms with Crippen molar-refractivity contribution in [1.82, 2.24) is 19.6 Å². The zero-order valence-corrected chi connectivity index (χ0v) is 16.9. The molecule has 0 radical (unpaired) electrons. The molecule has 0 unspecified atom stereocenters. The molecule has 1 aliphatic heterocycles. The molecule has 7 nitrogen and oxygen atoms in total. The monoisotopic (exact) mass is 393 g/mol. The Morgan fingerprint density at radius 3 is 2.74 bits per heavy atom. The number of aliphatic hydroxyl groups is 1. The third kappa shape index (κ3) is 4.72. The molecule has 0 atom stereocenters. The van der Waals surface area contributed by atoms with Crippen molar-refractivity contribution in [2.24, 2.45) is 5.92 Å². The number of halogens is 1. The van der Waals surface area contributed by atoms with Crippen LogP contribution >= 0.6 is 11.6 Å². The van der Waals surface area contributed by atoms with Crippen LogP contribution in [0.3, 0.4) is 0 Å². The molecule has 2 aromatic heterocycles. The summed E-state index contributed by atoms with van der Waals surface area (Å²) in [6.45, 7) is 8.66. The number of pyridine rings is 1. The number of likely N-dealkylation sites (tertiary alicyclic amines) is 1. The zero-order chi connectivity index (χ0) is 19.8. The molecule has 0 aliphatic carbocycles. The van der Waals surface area contributed by atoms with E-state index in [2.05, 4.69) is 15.2 Å². The molecule has 27 heavy (non-hydrogen) atoms. The molecule has 1 amide bonds. The number of piperidine rings is 1.